The maximum absolute atomic E-state index is 13.0. The lowest BCUT2D eigenvalue weighted by Crippen LogP contribution is -2.42. The minimum absolute atomic E-state index is 0.101. The van der Waals surface area contributed by atoms with Gasteiger partial charge < -0.3 is 10.6 Å². The number of hydrogen-bond acceptors (Lipinski definition) is 2. The van der Waals surface area contributed by atoms with Crippen molar-refractivity contribution in [1.29, 1.82) is 0 Å². The molecule has 0 aromatic heterocycles. The molecule has 1 aromatic carbocycles. The average Bonchev–Trinajstić information content (AvgIpc) is 2.36. The SMILES string of the molecule is CC(C)CNC(=O)C(C)NCc1ccc(F)c(F)c1. The molecule has 0 saturated heterocycles. The van der Waals surface area contributed by atoms with Gasteiger partial charge in [0.05, 0.1) is 6.04 Å². The molecule has 3 nitrogen and oxygen atoms in total. The Morgan fingerprint density at radius 2 is 1.89 bits per heavy atom. The van der Waals surface area contributed by atoms with E-state index in [1.54, 1.807) is 6.92 Å². The van der Waals surface area contributed by atoms with Crippen LogP contribution >= 0.6 is 0 Å². The van der Waals surface area contributed by atoms with Gasteiger partial charge in [0.25, 0.3) is 0 Å². The Morgan fingerprint density at radius 1 is 1.21 bits per heavy atom. The van der Waals surface area contributed by atoms with Crippen LogP contribution in [0.3, 0.4) is 0 Å². The quantitative estimate of drug-likeness (QED) is 0.832. The van der Waals surface area contributed by atoms with Crippen molar-refractivity contribution in [3.05, 3.63) is 35.4 Å². The van der Waals surface area contributed by atoms with Crippen LogP contribution in [0.1, 0.15) is 26.3 Å². The van der Waals surface area contributed by atoms with Crippen LogP contribution in [-0.4, -0.2) is 18.5 Å². The van der Waals surface area contributed by atoms with Crippen LogP contribution in [0, 0.1) is 17.6 Å². The Labute approximate surface area is 112 Å². The van der Waals surface area contributed by atoms with Gasteiger partial charge in [0.2, 0.25) is 5.91 Å². The Balaban J connectivity index is 2.42. The lowest BCUT2D eigenvalue weighted by molar-refractivity contribution is -0.122. The number of hydrogen-bond donors (Lipinski definition) is 2. The second-order valence-electron chi connectivity index (χ2n) is 4.99. The molecule has 0 aliphatic rings. The Bertz CT molecular complexity index is 435. The Morgan fingerprint density at radius 3 is 2.47 bits per heavy atom. The molecular weight excluding hydrogens is 250 g/mol. The second-order valence-corrected chi connectivity index (χ2v) is 4.99. The molecule has 0 saturated carbocycles. The van der Waals surface area contributed by atoms with Gasteiger partial charge in [-0.15, -0.1) is 0 Å². The summed E-state index contributed by atoms with van der Waals surface area (Å²) in [7, 11) is 0. The standard InChI is InChI=1S/C14H20F2N2O/c1-9(2)7-18-14(19)10(3)17-8-11-4-5-12(15)13(16)6-11/h4-6,9-10,17H,7-8H2,1-3H3,(H,18,19). The van der Waals surface area contributed by atoms with Gasteiger partial charge in [0, 0.05) is 13.1 Å². The van der Waals surface area contributed by atoms with Gasteiger partial charge in [-0.2, -0.15) is 0 Å². The summed E-state index contributed by atoms with van der Waals surface area (Å²) in [6, 6.07) is 3.31. The number of rotatable bonds is 6. The summed E-state index contributed by atoms with van der Waals surface area (Å²) in [5.74, 6) is -1.46. The zero-order valence-corrected chi connectivity index (χ0v) is 11.5. The maximum Gasteiger partial charge on any atom is 0.236 e. The van der Waals surface area contributed by atoms with Crippen molar-refractivity contribution in [1.82, 2.24) is 10.6 Å². The molecule has 0 fully saturated rings. The normalized spacial score (nSPS) is 12.5. The van der Waals surface area contributed by atoms with Gasteiger partial charge in [-0.25, -0.2) is 8.78 Å². The van der Waals surface area contributed by atoms with Crippen molar-refractivity contribution in [2.45, 2.75) is 33.4 Å². The summed E-state index contributed by atoms with van der Waals surface area (Å²) >= 11 is 0. The zero-order chi connectivity index (χ0) is 14.4. The van der Waals surface area contributed by atoms with Crippen LogP contribution in [0.5, 0.6) is 0 Å². The summed E-state index contributed by atoms with van der Waals surface area (Å²) in [5, 5.41) is 5.77. The molecule has 0 aliphatic carbocycles. The molecule has 0 heterocycles. The van der Waals surface area contributed by atoms with Crippen LogP contribution in [0.2, 0.25) is 0 Å². The van der Waals surface area contributed by atoms with E-state index in [1.807, 2.05) is 13.8 Å². The number of benzene rings is 1. The third-order valence-electron chi connectivity index (χ3n) is 2.67. The summed E-state index contributed by atoms with van der Waals surface area (Å²) in [4.78, 5) is 11.7. The van der Waals surface area contributed by atoms with Crippen molar-refractivity contribution < 1.29 is 13.6 Å². The van der Waals surface area contributed by atoms with Crippen molar-refractivity contribution in [2.75, 3.05) is 6.54 Å². The lowest BCUT2D eigenvalue weighted by atomic mass is 10.2. The molecule has 2 N–H and O–H groups in total. The highest BCUT2D eigenvalue weighted by atomic mass is 19.2. The Kier molecular flexibility index (Phi) is 5.89. The first-order chi connectivity index (χ1) is 8.90. The van der Waals surface area contributed by atoms with Crippen LogP contribution in [-0.2, 0) is 11.3 Å². The predicted molar refractivity (Wildman–Crippen MR) is 70.5 cm³/mol. The van der Waals surface area contributed by atoms with Gasteiger partial charge in [0.15, 0.2) is 11.6 Å². The number of halogens is 2. The monoisotopic (exact) mass is 270 g/mol. The van der Waals surface area contributed by atoms with Gasteiger partial charge in [-0.05, 0) is 30.5 Å². The molecular formula is C14H20F2N2O. The van der Waals surface area contributed by atoms with Crippen molar-refractivity contribution in [3.63, 3.8) is 0 Å². The summed E-state index contributed by atoms with van der Waals surface area (Å²) in [6.07, 6.45) is 0. The molecule has 1 rings (SSSR count). The van der Waals surface area contributed by atoms with E-state index >= 15 is 0 Å². The van der Waals surface area contributed by atoms with Gasteiger partial charge >= 0.3 is 0 Å². The van der Waals surface area contributed by atoms with E-state index in [0.29, 0.717) is 24.6 Å². The van der Waals surface area contributed by atoms with Gasteiger partial charge in [-0.1, -0.05) is 19.9 Å². The molecule has 1 amide bonds. The second kappa shape index (κ2) is 7.19. The topological polar surface area (TPSA) is 41.1 Å². The van der Waals surface area contributed by atoms with Crippen LogP contribution in [0.15, 0.2) is 18.2 Å². The highest BCUT2D eigenvalue weighted by molar-refractivity contribution is 5.81. The summed E-state index contributed by atoms with van der Waals surface area (Å²) in [5.41, 5.74) is 0.599. The molecule has 19 heavy (non-hydrogen) atoms. The molecule has 1 unspecified atom stereocenters. The van der Waals surface area contributed by atoms with Gasteiger partial charge in [0.1, 0.15) is 0 Å². The van der Waals surface area contributed by atoms with Crippen LogP contribution < -0.4 is 10.6 Å². The first-order valence-corrected chi connectivity index (χ1v) is 6.35. The third-order valence-corrected chi connectivity index (χ3v) is 2.67. The van der Waals surface area contributed by atoms with Crippen molar-refractivity contribution in [3.8, 4) is 0 Å². The molecule has 0 spiro atoms. The molecule has 0 radical (unpaired) electrons. The third kappa shape index (κ3) is 5.34. The molecule has 0 aliphatic heterocycles. The fourth-order valence-electron chi connectivity index (χ4n) is 1.47. The zero-order valence-electron chi connectivity index (χ0n) is 11.5. The van der Waals surface area contributed by atoms with Crippen molar-refractivity contribution >= 4 is 5.91 Å². The van der Waals surface area contributed by atoms with E-state index in [1.165, 1.54) is 6.07 Å². The largest absolute Gasteiger partial charge is 0.354 e. The summed E-state index contributed by atoms with van der Waals surface area (Å²) < 4.78 is 25.7. The molecule has 1 atom stereocenters. The Hall–Kier alpha value is -1.49. The first kappa shape index (κ1) is 15.6. The lowest BCUT2D eigenvalue weighted by Gasteiger charge is -2.15. The van der Waals surface area contributed by atoms with E-state index in [9.17, 15) is 13.6 Å². The maximum atomic E-state index is 13.0. The van der Waals surface area contributed by atoms with Crippen LogP contribution in [0.25, 0.3) is 0 Å². The highest BCUT2D eigenvalue weighted by Crippen LogP contribution is 2.08. The molecule has 5 heteroatoms. The predicted octanol–water partition coefficient (Wildman–Crippen LogP) is 2.22. The number of carbonyl (C=O) groups excluding carboxylic acids is 1. The average molecular weight is 270 g/mol. The minimum Gasteiger partial charge on any atom is -0.354 e. The smallest absolute Gasteiger partial charge is 0.236 e. The summed E-state index contributed by atoms with van der Waals surface area (Å²) in [6.45, 7) is 6.69. The molecule has 1 aromatic rings. The van der Waals surface area contributed by atoms with Crippen molar-refractivity contribution in [2.24, 2.45) is 5.92 Å². The minimum atomic E-state index is -0.879. The van der Waals surface area contributed by atoms with E-state index in [0.717, 1.165) is 12.1 Å². The number of carbonyl (C=O) groups is 1. The molecule has 106 valence electrons. The van der Waals surface area contributed by atoms with E-state index < -0.39 is 11.6 Å². The fraction of sp³-hybridized carbons (Fsp3) is 0.500. The highest BCUT2D eigenvalue weighted by Gasteiger charge is 2.12. The van der Waals surface area contributed by atoms with Crippen LogP contribution in [0.4, 0.5) is 8.78 Å². The van der Waals surface area contributed by atoms with E-state index in [2.05, 4.69) is 10.6 Å². The number of nitrogens with one attached hydrogen (secondary N) is 2. The molecule has 0 bridgehead atoms. The van der Waals surface area contributed by atoms with Gasteiger partial charge in [-0.3, -0.25) is 4.79 Å². The van der Waals surface area contributed by atoms with E-state index in [4.69, 9.17) is 0 Å². The fourth-order valence-corrected chi connectivity index (χ4v) is 1.47. The first-order valence-electron chi connectivity index (χ1n) is 6.35. The number of amides is 1. The van der Waals surface area contributed by atoms with E-state index in [-0.39, 0.29) is 11.9 Å².